The van der Waals surface area contributed by atoms with Gasteiger partial charge in [0.25, 0.3) is 5.91 Å². The van der Waals surface area contributed by atoms with E-state index in [-0.39, 0.29) is 11.8 Å². The average molecular weight is 356 g/mol. The van der Waals surface area contributed by atoms with Crippen molar-refractivity contribution in [2.45, 2.75) is 32.2 Å². The maximum atomic E-state index is 12.6. The summed E-state index contributed by atoms with van der Waals surface area (Å²) in [4.78, 5) is 27.2. The fraction of sp³-hybridized carbons (Fsp3) is 0.400. The van der Waals surface area contributed by atoms with Crippen LogP contribution in [-0.2, 0) is 11.2 Å². The summed E-state index contributed by atoms with van der Waals surface area (Å²) < 4.78 is 0. The summed E-state index contributed by atoms with van der Waals surface area (Å²) in [5.74, 6) is 0.473. The smallest absolute Gasteiger partial charge is 0.261 e. The first-order valence-corrected chi connectivity index (χ1v) is 9.68. The average Bonchev–Trinajstić information content (AvgIpc) is 3.17. The van der Waals surface area contributed by atoms with Crippen molar-refractivity contribution in [3.05, 3.63) is 58.3 Å². The zero-order chi connectivity index (χ0) is 17.6. The van der Waals surface area contributed by atoms with Crippen LogP contribution in [-0.4, -0.2) is 35.8 Å². The molecule has 0 unspecified atom stereocenters. The van der Waals surface area contributed by atoms with Crippen LogP contribution in [0, 0.1) is 5.92 Å². The van der Waals surface area contributed by atoms with Crippen LogP contribution in [0.4, 0.5) is 0 Å². The van der Waals surface area contributed by atoms with E-state index in [4.69, 9.17) is 0 Å². The lowest BCUT2D eigenvalue weighted by Crippen LogP contribution is -2.49. The number of carbonyl (C=O) groups excluding carboxylic acids is 2. The SMILES string of the molecule is C[C@@H](NC(=O)c1cccs1)C(=O)N1CCC(Cc2ccccc2)CC1. The molecule has 0 aliphatic carbocycles. The van der Waals surface area contributed by atoms with Gasteiger partial charge in [-0.05, 0) is 49.1 Å². The first-order chi connectivity index (χ1) is 12.1. The lowest BCUT2D eigenvalue weighted by Gasteiger charge is -2.33. The van der Waals surface area contributed by atoms with Crippen LogP contribution in [0.5, 0.6) is 0 Å². The van der Waals surface area contributed by atoms with Crippen LogP contribution in [0.25, 0.3) is 0 Å². The molecule has 0 bridgehead atoms. The Balaban J connectivity index is 1.47. The second-order valence-electron chi connectivity index (χ2n) is 6.63. The monoisotopic (exact) mass is 356 g/mol. The fourth-order valence-electron chi connectivity index (χ4n) is 3.32. The Morgan fingerprint density at radius 2 is 1.88 bits per heavy atom. The summed E-state index contributed by atoms with van der Waals surface area (Å²) in [7, 11) is 0. The quantitative estimate of drug-likeness (QED) is 0.893. The van der Waals surface area contributed by atoms with E-state index < -0.39 is 6.04 Å². The number of carbonyl (C=O) groups is 2. The van der Waals surface area contributed by atoms with Crippen LogP contribution < -0.4 is 5.32 Å². The van der Waals surface area contributed by atoms with Crippen molar-refractivity contribution in [3.63, 3.8) is 0 Å². The van der Waals surface area contributed by atoms with Crippen LogP contribution in [0.15, 0.2) is 47.8 Å². The minimum Gasteiger partial charge on any atom is -0.341 e. The first kappa shape index (κ1) is 17.7. The lowest BCUT2D eigenvalue weighted by atomic mass is 9.90. The standard InChI is InChI=1S/C20H24N2O2S/c1-15(21-19(23)18-8-5-13-25-18)20(24)22-11-9-17(10-12-22)14-16-6-3-2-4-7-16/h2-8,13,15,17H,9-12,14H2,1H3,(H,21,23)/t15-/m1/s1. The largest absolute Gasteiger partial charge is 0.341 e. The summed E-state index contributed by atoms with van der Waals surface area (Å²) in [6.45, 7) is 3.31. The van der Waals surface area contributed by atoms with Gasteiger partial charge in [-0.25, -0.2) is 0 Å². The number of piperidine rings is 1. The molecule has 25 heavy (non-hydrogen) atoms. The predicted octanol–water partition coefficient (Wildman–Crippen LogP) is 3.35. The first-order valence-electron chi connectivity index (χ1n) is 8.80. The lowest BCUT2D eigenvalue weighted by molar-refractivity contribution is -0.134. The molecule has 1 aliphatic heterocycles. The molecule has 132 valence electrons. The summed E-state index contributed by atoms with van der Waals surface area (Å²) in [5, 5.41) is 4.67. The van der Waals surface area contributed by atoms with Crippen LogP contribution in [0.1, 0.15) is 35.0 Å². The molecule has 2 aromatic rings. The zero-order valence-corrected chi connectivity index (χ0v) is 15.3. The maximum Gasteiger partial charge on any atom is 0.261 e. The van der Waals surface area contributed by atoms with Gasteiger partial charge in [0.2, 0.25) is 5.91 Å². The Morgan fingerprint density at radius 1 is 1.16 bits per heavy atom. The van der Waals surface area contributed by atoms with Crippen LogP contribution >= 0.6 is 11.3 Å². The van der Waals surface area contributed by atoms with Crippen molar-refractivity contribution < 1.29 is 9.59 Å². The molecule has 0 spiro atoms. The molecule has 4 nitrogen and oxygen atoms in total. The summed E-state index contributed by atoms with van der Waals surface area (Å²) in [6.07, 6.45) is 3.12. The Morgan fingerprint density at radius 3 is 2.52 bits per heavy atom. The van der Waals surface area contributed by atoms with Crippen molar-refractivity contribution in [3.8, 4) is 0 Å². The molecule has 5 heteroatoms. The number of thiophene rings is 1. The molecule has 0 radical (unpaired) electrons. The van der Waals surface area contributed by atoms with Gasteiger partial charge >= 0.3 is 0 Å². The molecular formula is C20H24N2O2S. The number of hydrogen-bond acceptors (Lipinski definition) is 3. The van der Waals surface area contributed by atoms with E-state index in [0.29, 0.717) is 10.8 Å². The number of rotatable bonds is 5. The molecule has 0 saturated carbocycles. The van der Waals surface area contributed by atoms with Crippen molar-refractivity contribution in [1.82, 2.24) is 10.2 Å². The van der Waals surface area contributed by atoms with E-state index in [1.54, 1.807) is 13.0 Å². The van der Waals surface area contributed by atoms with E-state index in [1.807, 2.05) is 22.4 Å². The number of amides is 2. The molecule has 1 saturated heterocycles. The Labute approximate surface area is 152 Å². The highest BCUT2D eigenvalue weighted by Crippen LogP contribution is 2.22. The molecule has 1 aromatic heterocycles. The van der Waals surface area contributed by atoms with Gasteiger partial charge in [0.1, 0.15) is 6.04 Å². The van der Waals surface area contributed by atoms with Crippen LogP contribution in [0.3, 0.4) is 0 Å². The van der Waals surface area contributed by atoms with E-state index >= 15 is 0 Å². The molecule has 3 rings (SSSR count). The maximum absolute atomic E-state index is 12.6. The van der Waals surface area contributed by atoms with Gasteiger partial charge in [0, 0.05) is 13.1 Å². The van der Waals surface area contributed by atoms with Crippen molar-refractivity contribution in [2.75, 3.05) is 13.1 Å². The molecular weight excluding hydrogens is 332 g/mol. The van der Waals surface area contributed by atoms with E-state index in [2.05, 4.69) is 29.6 Å². The number of likely N-dealkylation sites (tertiary alicyclic amines) is 1. The molecule has 2 amide bonds. The minimum atomic E-state index is -0.486. The Kier molecular flexibility index (Phi) is 5.87. The molecule has 1 aliphatic rings. The number of hydrogen-bond donors (Lipinski definition) is 1. The molecule has 1 fully saturated rings. The highest BCUT2D eigenvalue weighted by atomic mass is 32.1. The summed E-state index contributed by atoms with van der Waals surface area (Å²) in [6, 6.07) is 13.6. The van der Waals surface area contributed by atoms with Crippen molar-refractivity contribution in [2.24, 2.45) is 5.92 Å². The van der Waals surface area contributed by atoms with E-state index in [0.717, 1.165) is 32.4 Å². The van der Waals surface area contributed by atoms with Gasteiger partial charge in [-0.1, -0.05) is 36.4 Å². The summed E-state index contributed by atoms with van der Waals surface area (Å²) >= 11 is 1.38. The normalized spacial score (nSPS) is 16.4. The fourth-order valence-corrected chi connectivity index (χ4v) is 3.94. The highest BCUT2D eigenvalue weighted by molar-refractivity contribution is 7.12. The van der Waals surface area contributed by atoms with Gasteiger partial charge in [0.05, 0.1) is 4.88 Å². The van der Waals surface area contributed by atoms with Crippen molar-refractivity contribution >= 4 is 23.2 Å². The van der Waals surface area contributed by atoms with Gasteiger partial charge < -0.3 is 10.2 Å². The van der Waals surface area contributed by atoms with Crippen molar-refractivity contribution in [1.29, 1.82) is 0 Å². The third kappa shape index (κ3) is 4.69. The number of nitrogens with one attached hydrogen (secondary N) is 1. The zero-order valence-electron chi connectivity index (χ0n) is 14.5. The topological polar surface area (TPSA) is 49.4 Å². The molecule has 1 N–H and O–H groups in total. The molecule has 1 aromatic carbocycles. The minimum absolute atomic E-state index is 0.0167. The van der Waals surface area contributed by atoms with Gasteiger partial charge in [0.15, 0.2) is 0 Å². The Hall–Kier alpha value is -2.14. The predicted molar refractivity (Wildman–Crippen MR) is 101 cm³/mol. The van der Waals surface area contributed by atoms with Crippen LogP contribution in [0.2, 0.25) is 0 Å². The molecule has 2 heterocycles. The second-order valence-corrected chi connectivity index (χ2v) is 7.58. The van der Waals surface area contributed by atoms with Gasteiger partial charge in [-0.15, -0.1) is 11.3 Å². The highest BCUT2D eigenvalue weighted by Gasteiger charge is 2.27. The van der Waals surface area contributed by atoms with Gasteiger partial charge in [-0.2, -0.15) is 0 Å². The number of benzene rings is 1. The van der Waals surface area contributed by atoms with E-state index in [9.17, 15) is 9.59 Å². The third-order valence-electron chi connectivity index (χ3n) is 4.76. The number of nitrogens with zero attached hydrogens (tertiary/aromatic N) is 1. The summed E-state index contributed by atoms with van der Waals surface area (Å²) in [5.41, 5.74) is 1.36. The third-order valence-corrected chi connectivity index (χ3v) is 5.63. The Bertz CT molecular complexity index is 692. The molecule has 1 atom stereocenters. The van der Waals surface area contributed by atoms with Gasteiger partial charge in [-0.3, -0.25) is 9.59 Å². The second kappa shape index (κ2) is 8.30. The van der Waals surface area contributed by atoms with E-state index in [1.165, 1.54) is 16.9 Å².